The first-order valence-electron chi connectivity index (χ1n) is 6.45. The number of carbonyl (C=O) groups excluding carboxylic acids is 1. The van der Waals surface area contributed by atoms with E-state index in [1.54, 1.807) is 0 Å². The number of hydrogen-bond acceptors (Lipinski definition) is 2. The van der Waals surface area contributed by atoms with Gasteiger partial charge in [-0.15, -0.1) is 0 Å². The third-order valence-electron chi connectivity index (χ3n) is 2.75. The van der Waals surface area contributed by atoms with Gasteiger partial charge in [-0.25, -0.2) is 0 Å². The summed E-state index contributed by atoms with van der Waals surface area (Å²) in [5.74, 6) is -0.242. The molecule has 3 heteroatoms. The molecule has 0 spiro atoms. The lowest BCUT2D eigenvalue weighted by atomic mass is 10.2. The van der Waals surface area contributed by atoms with E-state index in [0.29, 0.717) is 6.61 Å². The van der Waals surface area contributed by atoms with Crippen LogP contribution in [0.2, 0.25) is 0 Å². The average Bonchev–Trinajstić information content (AvgIpc) is 2.95. The lowest BCUT2D eigenvalue weighted by Gasteiger charge is -1.99. The molecule has 20 heavy (non-hydrogen) atoms. The summed E-state index contributed by atoms with van der Waals surface area (Å²) < 4.78 is 4.79. The fourth-order valence-corrected chi connectivity index (χ4v) is 1.75. The van der Waals surface area contributed by atoms with E-state index in [1.807, 2.05) is 48.7 Å². The zero-order valence-corrected chi connectivity index (χ0v) is 11.4. The molecule has 0 unspecified atom stereocenters. The van der Waals surface area contributed by atoms with Crippen LogP contribution in [0.15, 0.2) is 66.9 Å². The first-order chi connectivity index (χ1) is 9.75. The second kappa shape index (κ2) is 7.14. The van der Waals surface area contributed by atoms with Crippen LogP contribution in [0.4, 0.5) is 0 Å². The quantitative estimate of drug-likeness (QED) is 0.715. The smallest absolute Gasteiger partial charge is 0.302 e. The van der Waals surface area contributed by atoms with Crippen molar-refractivity contribution in [2.45, 2.75) is 13.5 Å². The Kier molecular flexibility index (Phi) is 4.95. The largest absolute Gasteiger partial charge is 0.461 e. The second-order valence-electron chi connectivity index (χ2n) is 4.33. The monoisotopic (exact) mass is 267 g/mol. The summed E-state index contributed by atoms with van der Waals surface area (Å²) in [6.45, 7) is 1.78. The molecule has 0 aliphatic rings. The van der Waals surface area contributed by atoms with Crippen LogP contribution in [0, 0.1) is 0 Å². The fraction of sp³-hybridized carbons (Fsp3) is 0.118. The van der Waals surface area contributed by atoms with Gasteiger partial charge in [0.05, 0.1) is 0 Å². The van der Waals surface area contributed by atoms with E-state index in [0.717, 1.165) is 5.56 Å². The molecule has 0 saturated heterocycles. The van der Waals surface area contributed by atoms with Gasteiger partial charge in [-0.05, 0) is 23.1 Å². The van der Waals surface area contributed by atoms with Crippen molar-refractivity contribution >= 4 is 16.9 Å². The molecule has 3 rings (SSSR count). The number of para-hydroxylation sites is 1. The molecule has 1 heterocycles. The van der Waals surface area contributed by atoms with Gasteiger partial charge in [0.25, 0.3) is 0 Å². The van der Waals surface area contributed by atoms with Gasteiger partial charge in [0, 0.05) is 18.6 Å². The molecule has 1 N–H and O–H groups in total. The minimum Gasteiger partial charge on any atom is -0.461 e. The number of hydrogen-bond donors (Lipinski definition) is 1. The lowest BCUT2D eigenvalue weighted by molar-refractivity contribution is -0.142. The Labute approximate surface area is 118 Å². The van der Waals surface area contributed by atoms with Gasteiger partial charge >= 0.3 is 5.97 Å². The minimum absolute atomic E-state index is 0.242. The van der Waals surface area contributed by atoms with E-state index in [9.17, 15) is 4.79 Å². The Morgan fingerprint density at radius 1 is 1.00 bits per heavy atom. The normalized spacial score (nSPS) is 9.65. The van der Waals surface area contributed by atoms with Gasteiger partial charge in [-0.1, -0.05) is 48.5 Å². The number of H-pyrrole nitrogens is 1. The number of fused-ring (bicyclic) bond motifs is 1. The molecule has 3 nitrogen and oxygen atoms in total. The van der Waals surface area contributed by atoms with Crippen LogP contribution in [0.1, 0.15) is 12.5 Å². The fourth-order valence-electron chi connectivity index (χ4n) is 1.75. The number of aromatic amines is 1. The summed E-state index contributed by atoms with van der Waals surface area (Å²) in [5.41, 5.74) is 2.22. The van der Waals surface area contributed by atoms with Crippen LogP contribution in [-0.2, 0) is 16.1 Å². The van der Waals surface area contributed by atoms with Gasteiger partial charge < -0.3 is 9.72 Å². The Bertz CT molecular complexity index is 629. The standard InChI is InChI=1S/C9H10O2.C8H7N/c1-8(10)11-7-9-5-3-2-4-6-9;1-2-4-8-7(3-1)5-6-9-8/h2-6H,7H2,1H3;1-6,9H. The van der Waals surface area contributed by atoms with E-state index in [1.165, 1.54) is 17.8 Å². The summed E-state index contributed by atoms with van der Waals surface area (Å²) in [7, 11) is 0. The van der Waals surface area contributed by atoms with Crippen LogP contribution in [0.3, 0.4) is 0 Å². The molecular weight excluding hydrogens is 250 g/mol. The summed E-state index contributed by atoms with van der Waals surface area (Å²) in [4.78, 5) is 13.5. The van der Waals surface area contributed by atoms with E-state index in [4.69, 9.17) is 4.74 Å². The van der Waals surface area contributed by atoms with Gasteiger partial charge in [0.2, 0.25) is 0 Å². The maximum Gasteiger partial charge on any atom is 0.302 e. The van der Waals surface area contributed by atoms with Gasteiger partial charge in [0.1, 0.15) is 6.61 Å². The maximum atomic E-state index is 10.4. The average molecular weight is 267 g/mol. The number of nitrogens with one attached hydrogen (secondary N) is 1. The first-order valence-corrected chi connectivity index (χ1v) is 6.45. The van der Waals surface area contributed by atoms with Crippen LogP contribution in [-0.4, -0.2) is 11.0 Å². The zero-order valence-electron chi connectivity index (χ0n) is 11.4. The highest BCUT2D eigenvalue weighted by atomic mass is 16.5. The van der Waals surface area contributed by atoms with Crippen molar-refractivity contribution < 1.29 is 9.53 Å². The molecule has 0 atom stereocenters. The highest BCUT2D eigenvalue weighted by Crippen LogP contribution is 2.09. The van der Waals surface area contributed by atoms with Crippen molar-refractivity contribution in [1.82, 2.24) is 4.98 Å². The molecule has 0 fully saturated rings. The van der Waals surface area contributed by atoms with Crippen molar-refractivity contribution in [3.8, 4) is 0 Å². The highest BCUT2D eigenvalue weighted by molar-refractivity contribution is 5.78. The van der Waals surface area contributed by atoms with Crippen molar-refractivity contribution in [3.63, 3.8) is 0 Å². The maximum absolute atomic E-state index is 10.4. The van der Waals surface area contributed by atoms with E-state index < -0.39 is 0 Å². The van der Waals surface area contributed by atoms with Crippen LogP contribution in [0.5, 0.6) is 0 Å². The Balaban J connectivity index is 0.000000149. The third kappa shape index (κ3) is 4.28. The predicted molar refractivity (Wildman–Crippen MR) is 80.2 cm³/mol. The second-order valence-corrected chi connectivity index (χ2v) is 4.33. The van der Waals surface area contributed by atoms with Crippen LogP contribution < -0.4 is 0 Å². The number of carbonyl (C=O) groups is 1. The molecule has 1 aromatic heterocycles. The number of ether oxygens (including phenoxy) is 1. The van der Waals surface area contributed by atoms with E-state index in [2.05, 4.69) is 23.2 Å². The number of esters is 1. The number of aromatic nitrogens is 1. The van der Waals surface area contributed by atoms with Gasteiger partial charge in [0.15, 0.2) is 0 Å². The van der Waals surface area contributed by atoms with Gasteiger partial charge in [-0.2, -0.15) is 0 Å². The third-order valence-corrected chi connectivity index (χ3v) is 2.75. The summed E-state index contributed by atoms with van der Waals surface area (Å²) in [5, 5.41) is 1.28. The Morgan fingerprint density at radius 2 is 1.70 bits per heavy atom. The Morgan fingerprint density at radius 3 is 2.40 bits per heavy atom. The highest BCUT2D eigenvalue weighted by Gasteiger charge is 1.93. The first kappa shape index (κ1) is 13.9. The molecule has 0 saturated carbocycles. The molecule has 2 aromatic carbocycles. The number of benzene rings is 2. The van der Waals surface area contributed by atoms with Crippen molar-refractivity contribution in [1.29, 1.82) is 0 Å². The van der Waals surface area contributed by atoms with E-state index in [-0.39, 0.29) is 5.97 Å². The van der Waals surface area contributed by atoms with Crippen LogP contribution >= 0.6 is 0 Å². The molecule has 3 aromatic rings. The molecule has 0 bridgehead atoms. The SMILES string of the molecule is CC(=O)OCc1ccccc1.c1ccc2[nH]ccc2c1. The lowest BCUT2D eigenvalue weighted by Crippen LogP contribution is -1.97. The molecule has 0 aliphatic heterocycles. The van der Waals surface area contributed by atoms with Crippen LogP contribution in [0.25, 0.3) is 10.9 Å². The van der Waals surface area contributed by atoms with E-state index >= 15 is 0 Å². The van der Waals surface area contributed by atoms with Gasteiger partial charge in [-0.3, -0.25) is 4.79 Å². The minimum atomic E-state index is -0.242. The topological polar surface area (TPSA) is 42.1 Å². The summed E-state index contributed by atoms with van der Waals surface area (Å²) in [6.07, 6.45) is 1.95. The molecule has 0 radical (unpaired) electrons. The zero-order chi connectivity index (χ0) is 14.2. The molecular formula is C17H17NO2. The van der Waals surface area contributed by atoms with Crippen molar-refractivity contribution in [2.75, 3.05) is 0 Å². The molecule has 102 valence electrons. The summed E-state index contributed by atoms with van der Waals surface area (Å²) >= 11 is 0. The summed E-state index contributed by atoms with van der Waals surface area (Å²) in [6, 6.07) is 19.9. The number of rotatable bonds is 2. The molecule has 0 aliphatic carbocycles. The molecule has 0 amide bonds. The Hall–Kier alpha value is -2.55. The van der Waals surface area contributed by atoms with Crippen molar-refractivity contribution in [3.05, 3.63) is 72.4 Å². The van der Waals surface area contributed by atoms with Crippen molar-refractivity contribution in [2.24, 2.45) is 0 Å². The predicted octanol–water partition coefficient (Wildman–Crippen LogP) is 3.92.